The summed E-state index contributed by atoms with van der Waals surface area (Å²) in [6.07, 6.45) is 1.24. The number of rotatable bonds is 7. The standard InChI is InChI=1S/C16H18N4O5/c1-25-12-4-2-3-11(9-12)15(23)18-7-6-17-14(22)10-20-8-5-13(21)19-16(20)24/h2-5,8-9H,6-7,10H2,1H3,(H,17,22)(H,18,23)(H,19,21,24). The lowest BCUT2D eigenvalue weighted by Gasteiger charge is -2.09. The van der Waals surface area contributed by atoms with Crippen LogP contribution in [0.2, 0.25) is 0 Å². The van der Waals surface area contributed by atoms with Crippen LogP contribution in [0.4, 0.5) is 0 Å². The third-order valence-electron chi connectivity index (χ3n) is 3.28. The van der Waals surface area contributed by atoms with Crippen molar-refractivity contribution in [2.75, 3.05) is 20.2 Å². The lowest BCUT2D eigenvalue weighted by atomic mass is 10.2. The van der Waals surface area contributed by atoms with Gasteiger partial charge < -0.3 is 15.4 Å². The molecular formula is C16H18N4O5. The topological polar surface area (TPSA) is 122 Å². The van der Waals surface area contributed by atoms with Gasteiger partial charge in [-0.05, 0) is 18.2 Å². The predicted molar refractivity (Wildman–Crippen MR) is 89.7 cm³/mol. The van der Waals surface area contributed by atoms with Crippen LogP contribution < -0.4 is 26.6 Å². The van der Waals surface area contributed by atoms with Gasteiger partial charge in [0.05, 0.1) is 7.11 Å². The molecule has 2 amide bonds. The van der Waals surface area contributed by atoms with E-state index in [0.29, 0.717) is 11.3 Å². The Kier molecular flexibility index (Phi) is 6.10. The van der Waals surface area contributed by atoms with Crippen molar-refractivity contribution in [2.45, 2.75) is 6.54 Å². The van der Waals surface area contributed by atoms with E-state index >= 15 is 0 Å². The van der Waals surface area contributed by atoms with Gasteiger partial charge in [-0.1, -0.05) is 6.07 Å². The summed E-state index contributed by atoms with van der Waals surface area (Å²) >= 11 is 0. The summed E-state index contributed by atoms with van der Waals surface area (Å²) < 4.78 is 6.12. The van der Waals surface area contributed by atoms with E-state index in [1.807, 2.05) is 0 Å². The van der Waals surface area contributed by atoms with Crippen LogP contribution in [0.3, 0.4) is 0 Å². The minimum atomic E-state index is -0.658. The Labute approximate surface area is 142 Å². The van der Waals surface area contributed by atoms with Gasteiger partial charge in [-0.2, -0.15) is 0 Å². The van der Waals surface area contributed by atoms with Crippen molar-refractivity contribution in [3.8, 4) is 5.75 Å². The molecule has 1 aromatic carbocycles. The van der Waals surface area contributed by atoms with Crippen LogP contribution in [-0.2, 0) is 11.3 Å². The fraction of sp³-hybridized carbons (Fsp3) is 0.250. The molecule has 0 radical (unpaired) electrons. The van der Waals surface area contributed by atoms with E-state index < -0.39 is 17.2 Å². The van der Waals surface area contributed by atoms with Crippen LogP contribution in [0.15, 0.2) is 46.1 Å². The normalized spacial score (nSPS) is 10.1. The van der Waals surface area contributed by atoms with Crippen LogP contribution in [0.25, 0.3) is 0 Å². The Morgan fingerprint density at radius 1 is 1.16 bits per heavy atom. The highest BCUT2D eigenvalue weighted by Gasteiger charge is 2.07. The van der Waals surface area contributed by atoms with Crippen molar-refractivity contribution in [3.05, 3.63) is 62.9 Å². The molecule has 3 N–H and O–H groups in total. The molecule has 0 saturated carbocycles. The number of carbonyl (C=O) groups is 2. The number of hydrogen-bond acceptors (Lipinski definition) is 5. The average Bonchev–Trinajstić information content (AvgIpc) is 2.61. The Hall–Kier alpha value is -3.36. The number of aromatic amines is 1. The van der Waals surface area contributed by atoms with E-state index in [4.69, 9.17) is 4.74 Å². The average molecular weight is 346 g/mol. The van der Waals surface area contributed by atoms with Crippen molar-refractivity contribution >= 4 is 11.8 Å². The molecular weight excluding hydrogens is 328 g/mol. The molecule has 0 spiro atoms. The molecule has 0 saturated heterocycles. The van der Waals surface area contributed by atoms with E-state index in [9.17, 15) is 19.2 Å². The lowest BCUT2D eigenvalue weighted by Crippen LogP contribution is -2.38. The summed E-state index contributed by atoms with van der Waals surface area (Å²) in [6, 6.07) is 7.85. The number of methoxy groups -OCH3 is 1. The second kappa shape index (κ2) is 8.48. The molecule has 1 aromatic heterocycles. The Balaban J connectivity index is 1.76. The van der Waals surface area contributed by atoms with Crippen molar-refractivity contribution < 1.29 is 14.3 Å². The number of hydrogen-bond donors (Lipinski definition) is 3. The maximum Gasteiger partial charge on any atom is 0.328 e. The smallest absolute Gasteiger partial charge is 0.328 e. The fourth-order valence-corrected chi connectivity index (χ4v) is 2.02. The largest absolute Gasteiger partial charge is 0.497 e. The van der Waals surface area contributed by atoms with Crippen LogP contribution in [0, 0.1) is 0 Å². The fourth-order valence-electron chi connectivity index (χ4n) is 2.02. The molecule has 0 fully saturated rings. The van der Waals surface area contributed by atoms with Crippen molar-refractivity contribution in [3.63, 3.8) is 0 Å². The van der Waals surface area contributed by atoms with Gasteiger partial charge in [0.15, 0.2) is 0 Å². The third kappa shape index (κ3) is 5.34. The third-order valence-corrected chi connectivity index (χ3v) is 3.28. The van der Waals surface area contributed by atoms with E-state index in [1.54, 1.807) is 24.3 Å². The summed E-state index contributed by atoms with van der Waals surface area (Å²) in [7, 11) is 1.51. The highest BCUT2D eigenvalue weighted by Crippen LogP contribution is 2.11. The van der Waals surface area contributed by atoms with Crippen LogP contribution in [0.1, 0.15) is 10.4 Å². The predicted octanol–water partition coefficient (Wildman–Crippen LogP) is -0.909. The number of nitrogens with zero attached hydrogens (tertiary/aromatic N) is 1. The first kappa shape index (κ1) is 18.0. The maximum atomic E-state index is 12.0. The summed E-state index contributed by atoms with van der Waals surface area (Å²) in [5, 5.41) is 5.24. The molecule has 9 nitrogen and oxygen atoms in total. The molecule has 0 aliphatic rings. The van der Waals surface area contributed by atoms with Gasteiger partial charge in [0.25, 0.3) is 11.5 Å². The number of nitrogens with one attached hydrogen (secondary N) is 3. The Morgan fingerprint density at radius 3 is 2.64 bits per heavy atom. The van der Waals surface area contributed by atoms with E-state index in [0.717, 1.165) is 10.6 Å². The molecule has 1 heterocycles. The SMILES string of the molecule is COc1cccc(C(=O)NCCNC(=O)Cn2ccc(=O)[nH]c2=O)c1. The zero-order valence-corrected chi connectivity index (χ0v) is 13.6. The van der Waals surface area contributed by atoms with Crippen LogP contribution in [-0.4, -0.2) is 41.6 Å². The molecule has 9 heteroatoms. The summed E-state index contributed by atoms with van der Waals surface area (Å²) in [5.41, 5.74) is -0.735. The number of benzene rings is 1. The lowest BCUT2D eigenvalue weighted by molar-refractivity contribution is -0.121. The second-order valence-electron chi connectivity index (χ2n) is 5.08. The molecule has 0 atom stereocenters. The van der Waals surface area contributed by atoms with Gasteiger partial charge >= 0.3 is 5.69 Å². The van der Waals surface area contributed by atoms with Crippen LogP contribution in [0.5, 0.6) is 5.75 Å². The van der Waals surface area contributed by atoms with Crippen molar-refractivity contribution in [2.24, 2.45) is 0 Å². The van der Waals surface area contributed by atoms with Crippen molar-refractivity contribution in [1.82, 2.24) is 20.2 Å². The van der Waals surface area contributed by atoms with Gasteiger partial charge in [0, 0.05) is 30.9 Å². The van der Waals surface area contributed by atoms with E-state index in [2.05, 4.69) is 15.6 Å². The summed E-state index contributed by atoms with van der Waals surface area (Å²) in [6.45, 7) is 0.203. The second-order valence-corrected chi connectivity index (χ2v) is 5.08. The molecule has 0 aliphatic carbocycles. The molecule has 0 unspecified atom stereocenters. The minimum Gasteiger partial charge on any atom is -0.497 e. The van der Waals surface area contributed by atoms with Gasteiger partial charge in [-0.15, -0.1) is 0 Å². The Morgan fingerprint density at radius 2 is 1.92 bits per heavy atom. The molecule has 25 heavy (non-hydrogen) atoms. The van der Waals surface area contributed by atoms with E-state index in [-0.39, 0.29) is 25.5 Å². The summed E-state index contributed by atoms with van der Waals surface area (Å²) in [5.74, 6) is -0.123. The Bertz CT molecular complexity index is 871. The zero-order chi connectivity index (χ0) is 18.2. The summed E-state index contributed by atoms with van der Waals surface area (Å²) in [4.78, 5) is 48.2. The number of amides is 2. The van der Waals surface area contributed by atoms with Crippen molar-refractivity contribution in [1.29, 1.82) is 0 Å². The highest BCUT2D eigenvalue weighted by atomic mass is 16.5. The van der Waals surface area contributed by atoms with Gasteiger partial charge in [-0.25, -0.2) is 4.79 Å². The highest BCUT2D eigenvalue weighted by molar-refractivity contribution is 5.94. The number of H-pyrrole nitrogens is 1. The minimum absolute atomic E-state index is 0.201. The van der Waals surface area contributed by atoms with E-state index in [1.165, 1.54) is 13.3 Å². The molecule has 0 bridgehead atoms. The van der Waals surface area contributed by atoms with Crippen LogP contribution >= 0.6 is 0 Å². The quantitative estimate of drug-likeness (QED) is 0.560. The van der Waals surface area contributed by atoms with Gasteiger partial charge in [-0.3, -0.25) is 23.9 Å². The first-order valence-electron chi connectivity index (χ1n) is 7.48. The zero-order valence-electron chi connectivity index (χ0n) is 13.6. The first-order chi connectivity index (χ1) is 12.0. The van der Waals surface area contributed by atoms with Gasteiger partial charge in [0.1, 0.15) is 12.3 Å². The number of carbonyl (C=O) groups excluding carboxylic acids is 2. The molecule has 0 aliphatic heterocycles. The molecule has 2 aromatic rings. The molecule has 2 rings (SSSR count). The molecule has 132 valence electrons. The monoisotopic (exact) mass is 346 g/mol. The maximum absolute atomic E-state index is 12.0. The first-order valence-corrected chi connectivity index (χ1v) is 7.48. The number of ether oxygens (including phenoxy) is 1. The number of aromatic nitrogens is 2. The van der Waals surface area contributed by atoms with Gasteiger partial charge in [0.2, 0.25) is 5.91 Å².